The summed E-state index contributed by atoms with van der Waals surface area (Å²) in [6.07, 6.45) is 5.79. The summed E-state index contributed by atoms with van der Waals surface area (Å²) in [5.74, 6) is -0.135. The van der Waals surface area contributed by atoms with E-state index < -0.39 is 0 Å². The normalized spacial score (nSPS) is 18.4. The Morgan fingerprint density at radius 3 is 2.81 bits per heavy atom. The Hall–Kier alpha value is -1.91. The van der Waals surface area contributed by atoms with Crippen LogP contribution in [0.25, 0.3) is 0 Å². The summed E-state index contributed by atoms with van der Waals surface area (Å²) in [6.45, 7) is 2.74. The number of anilines is 1. The summed E-state index contributed by atoms with van der Waals surface area (Å²) < 4.78 is 4.78. The molecule has 0 amide bonds. The molecule has 0 aliphatic carbocycles. The molecule has 0 radical (unpaired) electrons. The van der Waals surface area contributed by atoms with E-state index in [4.69, 9.17) is 4.74 Å². The molecule has 2 rings (SSSR count). The lowest BCUT2D eigenvalue weighted by atomic mass is 9.98. The van der Waals surface area contributed by atoms with Crippen molar-refractivity contribution in [1.29, 1.82) is 0 Å². The van der Waals surface area contributed by atoms with Gasteiger partial charge < -0.3 is 9.64 Å². The fourth-order valence-electron chi connectivity index (χ4n) is 2.73. The van der Waals surface area contributed by atoms with Gasteiger partial charge in [0.25, 0.3) is 0 Å². The van der Waals surface area contributed by atoms with Gasteiger partial charge in [0.2, 0.25) is 0 Å². The largest absolute Gasteiger partial charge is 0.469 e. The first-order valence-electron chi connectivity index (χ1n) is 7.48. The summed E-state index contributed by atoms with van der Waals surface area (Å²) in [4.78, 5) is 29.6. The Kier molecular flexibility index (Phi) is 5.31. The fraction of sp³-hybridized carbons (Fsp3) is 0.562. The number of ketones is 1. The van der Waals surface area contributed by atoms with E-state index in [2.05, 4.69) is 9.88 Å². The standard InChI is InChI=1S/C16H22N2O3/c1-3-15(19)14-8-7-13(11-17-14)18-9-5-4-6-12(18)10-16(20)21-2/h7-8,11-12H,3-6,9-10H2,1-2H3. The van der Waals surface area contributed by atoms with Crippen LogP contribution in [0.3, 0.4) is 0 Å². The molecule has 0 spiro atoms. The SMILES string of the molecule is CCC(=O)c1ccc(N2CCCCC2CC(=O)OC)cn1. The lowest BCUT2D eigenvalue weighted by Crippen LogP contribution is -2.41. The van der Waals surface area contributed by atoms with Crippen LogP contribution in [0.4, 0.5) is 5.69 Å². The number of Topliss-reactive ketones (excluding diaryl/α,β-unsaturated/α-hetero) is 1. The van der Waals surface area contributed by atoms with Crippen molar-refractivity contribution in [2.45, 2.75) is 45.1 Å². The predicted molar refractivity (Wildman–Crippen MR) is 80.5 cm³/mol. The first kappa shape index (κ1) is 15.5. The number of carbonyl (C=O) groups is 2. The number of hydrogen-bond acceptors (Lipinski definition) is 5. The van der Waals surface area contributed by atoms with Gasteiger partial charge in [0.1, 0.15) is 5.69 Å². The summed E-state index contributed by atoms with van der Waals surface area (Å²) in [6, 6.07) is 3.84. The minimum Gasteiger partial charge on any atom is -0.469 e. The highest BCUT2D eigenvalue weighted by Gasteiger charge is 2.25. The molecule has 1 atom stereocenters. The molecule has 1 aromatic rings. The van der Waals surface area contributed by atoms with Gasteiger partial charge in [-0.15, -0.1) is 0 Å². The van der Waals surface area contributed by atoms with Crippen molar-refractivity contribution in [3.05, 3.63) is 24.0 Å². The van der Waals surface area contributed by atoms with Gasteiger partial charge in [-0.05, 0) is 31.4 Å². The number of ether oxygens (including phenoxy) is 1. The smallest absolute Gasteiger partial charge is 0.307 e. The van der Waals surface area contributed by atoms with Crippen LogP contribution in [0.5, 0.6) is 0 Å². The van der Waals surface area contributed by atoms with E-state index in [1.54, 1.807) is 12.3 Å². The van der Waals surface area contributed by atoms with Crippen LogP contribution in [0.2, 0.25) is 0 Å². The van der Waals surface area contributed by atoms with Crippen LogP contribution in [0.1, 0.15) is 49.5 Å². The van der Waals surface area contributed by atoms with Crippen molar-refractivity contribution in [2.24, 2.45) is 0 Å². The molecule has 0 bridgehead atoms. The Morgan fingerprint density at radius 2 is 2.19 bits per heavy atom. The van der Waals surface area contributed by atoms with Crippen LogP contribution >= 0.6 is 0 Å². The molecule has 1 saturated heterocycles. The van der Waals surface area contributed by atoms with E-state index in [9.17, 15) is 9.59 Å². The van der Waals surface area contributed by atoms with Gasteiger partial charge in [0.15, 0.2) is 5.78 Å². The maximum Gasteiger partial charge on any atom is 0.307 e. The summed E-state index contributed by atoms with van der Waals surface area (Å²) in [7, 11) is 1.42. The topological polar surface area (TPSA) is 59.5 Å². The number of piperidine rings is 1. The number of aromatic nitrogens is 1. The van der Waals surface area contributed by atoms with Gasteiger partial charge in [-0.3, -0.25) is 14.6 Å². The second-order valence-corrected chi connectivity index (χ2v) is 5.30. The van der Waals surface area contributed by atoms with E-state index in [0.29, 0.717) is 18.5 Å². The first-order valence-corrected chi connectivity index (χ1v) is 7.48. The highest BCUT2D eigenvalue weighted by Crippen LogP contribution is 2.26. The fourth-order valence-corrected chi connectivity index (χ4v) is 2.73. The molecule has 0 aromatic carbocycles. The third-order valence-corrected chi connectivity index (χ3v) is 3.94. The Labute approximate surface area is 125 Å². The van der Waals surface area contributed by atoms with Crippen molar-refractivity contribution in [3.63, 3.8) is 0 Å². The third kappa shape index (κ3) is 3.80. The predicted octanol–water partition coefficient (Wildman–Crippen LogP) is 2.60. The average Bonchev–Trinajstić information content (AvgIpc) is 2.54. The van der Waals surface area contributed by atoms with Gasteiger partial charge in [0.05, 0.1) is 25.4 Å². The minimum atomic E-state index is -0.183. The quantitative estimate of drug-likeness (QED) is 0.616. The van der Waals surface area contributed by atoms with Crippen molar-refractivity contribution in [2.75, 3.05) is 18.6 Å². The zero-order chi connectivity index (χ0) is 15.2. The van der Waals surface area contributed by atoms with Crippen LogP contribution < -0.4 is 4.90 Å². The third-order valence-electron chi connectivity index (χ3n) is 3.94. The highest BCUT2D eigenvalue weighted by molar-refractivity contribution is 5.94. The monoisotopic (exact) mass is 290 g/mol. The zero-order valence-corrected chi connectivity index (χ0v) is 12.7. The second-order valence-electron chi connectivity index (χ2n) is 5.30. The lowest BCUT2D eigenvalue weighted by Gasteiger charge is -2.36. The molecular formula is C16H22N2O3. The molecule has 0 saturated carbocycles. The molecule has 0 N–H and O–H groups in total. The molecule has 21 heavy (non-hydrogen) atoms. The maximum absolute atomic E-state index is 11.6. The van der Waals surface area contributed by atoms with Crippen LogP contribution in [0.15, 0.2) is 18.3 Å². The Balaban J connectivity index is 2.13. The van der Waals surface area contributed by atoms with Gasteiger partial charge in [-0.25, -0.2) is 0 Å². The number of esters is 1. The molecular weight excluding hydrogens is 268 g/mol. The number of nitrogens with zero attached hydrogens (tertiary/aromatic N) is 2. The molecule has 1 aliphatic heterocycles. The van der Waals surface area contributed by atoms with E-state index in [1.165, 1.54) is 7.11 Å². The first-order chi connectivity index (χ1) is 10.2. The summed E-state index contributed by atoms with van der Waals surface area (Å²) in [5, 5.41) is 0. The molecule has 5 nitrogen and oxygen atoms in total. The summed E-state index contributed by atoms with van der Waals surface area (Å²) >= 11 is 0. The number of carbonyl (C=O) groups excluding carboxylic acids is 2. The second kappa shape index (κ2) is 7.20. The number of rotatable bonds is 5. The van der Waals surface area contributed by atoms with E-state index in [0.717, 1.165) is 31.5 Å². The molecule has 1 aliphatic rings. The Morgan fingerprint density at radius 1 is 1.38 bits per heavy atom. The van der Waals surface area contributed by atoms with Gasteiger partial charge >= 0.3 is 5.97 Å². The number of hydrogen-bond donors (Lipinski definition) is 0. The van der Waals surface area contributed by atoms with E-state index in [1.807, 2.05) is 13.0 Å². The molecule has 1 unspecified atom stereocenters. The van der Waals surface area contributed by atoms with Crippen LogP contribution in [-0.4, -0.2) is 36.4 Å². The van der Waals surface area contributed by atoms with Gasteiger partial charge in [-0.2, -0.15) is 0 Å². The van der Waals surface area contributed by atoms with E-state index in [-0.39, 0.29) is 17.8 Å². The van der Waals surface area contributed by atoms with Crippen LogP contribution in [-0.2, 0) is 9.53 Å². The highest BCUT2D eigenvalue weighted by atomic mass is 16.5. The van der Waals surface area contributed by atoms with Gasteiger partial charge in [-0.1, -0.05) is 6.92 Å². The lowest BCUT2D eigenvalue weighted by molar-refractivity contribution is -0.141. The van der Waals surface area contributed by atoms with Crippen molar-refractivity contribution < 1.29 is 14.3 Å². The maximum atomic E-state index is 11.6. The van der Waals surface area contributed by atoms with Crippen molar-refractivity contribution in [3.8, 4) is 0 Å². The number of pyridine rings is 1. The molecule has 1 fully saturated rings. The van der Waals surface area contributed by atoms with Crippen molar-refractivity contribution in [1.82, 2.24) is 4.98 Å². The Bertz CT molecular complexity index is 499. The number of methoxy groups -OCH3 is 1. The molecule has 1 aromatic heterocycles. The van der Waals surface area contributed by atoms with E-state index >= 15 is 0 Å². The minimum absolute atomic E-state index is 0.0475. The summed E-state index contributed by atoms with van der Waals surface area (Å²) in [5.41, 5.74) is 1.47. The van der Waals surface area contributed by atoms with Crippen molar-refractivity contribution >= 4 is 17.4 Å². The van der Waals surface area contributed by atoms with Crippen LogP contribution in [0, 0.1) is 0 Å². The average molecular weight is 290 g/mol. The molecule has 2 heterocycles. The van der Waals surface area contributed by atoms with Gasteiger partial charge in [0, 0.05) is 19.0 Å². The molecule has 5 heteroatoms. The molecule has 114 valence electrons. The zero-order valence-electron chi connectivity index (χ0n) is 12.7.